The van der Waals surface area contributed by atoms with Crippen molar-refractivity contribution in [1.29, 1.82) is 0 Å². The Labute approximate surface area is 131 Å². The molecule has 1 aromatic rings. The van der Waals surface area contributed by atoms with E-state index in [1.165, 1.54) is 5.69 Å². The molecule has 2 aliphatic rings. The maximum Gasteiger partial charge on any atom is 0.411 e. The van der Waals surface area contributed by atoms with Gasteiger partial charge in [0.25, 0.3) is 0 Å². The van der Waals surface area contributed by atoms with Gasteiger partial charge in [-0.05, 0) is 43.7 Å². The van der Waals surface area contributed by atoms with E-state index in [1.54, 1.807) is 4.90 Å². The number of pyridine rings is 1. The van der Waals surface area contributed by atoms with Crippen LogP contribution < -0.4 is 10.6 Å². The van der Waals surface area contributed by atoms with Crippen molar-refractivity contribution in [3.63, 3.8) is 0 Å². The molecular formula is C16H24N4O2. The summed E-state index contributed by atoms with van der Waals surface area (Å²) in [5.41, 5.74) is 7.10. The van der Waals surface area contributed by atoms with Crippen molar-refractivity contribution in [3.05, 3.63) is 24.5 Å². The minimum Gasteiger partial charge on any atom is -0.449 e. The second-order valence-corrected chi connectivity index (χ2v) is 6.12. The Bertz CT molecular complexity index is 488. The zero-order valence-corrected chi connectivity index (χ0v) is 12.9. The summed E-state index contributed by atoms with van der Waals surface area (Å²) in [7, 11) is 0. The summed E-state index contributed by atoms with van der Waals surface area (Å²) in [4.78, 5) is 20.0. The van der Waals surface area contributed by atoms with Gasteiger partial charge in [-0.2, -0.15) is 0 Å². The zero-order valence-electron chi connectivity index (χ0n) is 12.9. The summed E-state index contributed by atoms with van der Waals surface area (Å²) in [6, 6.07) is 4.07. The molecule has 3 rings (SSSR count). The van der Waals surface area contributed by atoms with Crippen LogP contribution in [0.3, 0.4) is 0 Å². The molecule has 0 spiro atoms. The number of carbonyl (C=O) groups is 1. The Morgan fingerprint density at radius 2 is 1.95 bits per heavy atom. The molecule has 6 nitrogen and oxygen atoms in total. The fourth-order valence-electron chi connectivity index (χ4n) is 3.20. The molecule has 2 saturated heterocycles. The van der Waals surface area contributed by atoms with Crippen molar-refractivity contribution in [3.8, 4) is 0 Å². The second-order valence-electron chi connectivity index (χ2n) is 6.12. The predicted octanol–water partition coefficient (Wildman–Crippen LogP) is 1.82. The maximum absolute atomic E-state index is 12.0. The minimum absolute atomic E-state index is 0.166. The van der Waals surface area contributed by atoms with Gasteiger partial charge in [0.15, 0.2) is 0 Å². The van der Waals surface area contributed by atoms with Crippen LogP contribution in [-0.2, 0) is 4.74 Å². The van der Waals surface area contributed by atoms with Crippen molar-refractivity contribution < 1.29 is 9.53 Å². The van der Waals surface area contributed by atoms with Gasteiger partial charge in [0.2, 0.25) is 0 Å². The summed E-state index contributed by atoms with van der Waals surface area (Å²) < 4.78 is 5.46. The summed E-state index contributed by atoms with van der Waals surface area (Å²) in [6.07, 6.45) is 7.16. The van der Waals surface area contributed by atoms with E-state index in [0.29, 0.717) is 12.5 Å². The predicted molar refractivity (Wildman–Crippen MR) is 84.4 cm³/mol. The van der Waals surface area contributed by atoms with E-state index in [0.717, 1.165) is 45.3 Å². The summed E-state index contributed by atoms with van der Waals surface area (Å²) in [5.74, 6) is 0.445. The van der Waals surface area contributed by atoms with Gasteiger partial charge >= 0.3 is 6.09 Å². The molecule has 0 radical (unpaired) electrons. The number of piperidine rings is 1. The highest BCUT2D eigenvalue weighted by Crippen LogP contribution is 2.23. The van der Waals surface area contributed by atoms with Gasteiger partial charge in [-0.3, -0.25) is 9.88 Å². The van der Waals surface area contributed by atoms with Crippen LogP contribution in [0.15, 0.2) is 24.5 Å². The van der Waals surface area contributed by atoms with E-state index in [9.17, 15) is 4.79 Å². The third kappa shape index (κ3) is 3.50. The molecular weight excluding hydrogens is 280 g/mol. The van der Waals surface area contributed by atoms with E-state index in [2.05, 4.69) is 9.88 Å². The smallest absolute Gasteiger partial charge is 0.411 e. The summed E-state index contributed by atoms with van der Waals surface area (Å²) in [5, 5.41) is 0. The first-order valence-corrected chi connectivity index (χ1v) is 8.08. The highest BCUT2D eigenvalue weighted by atomic mass is 16.6. The Morgan fingerprint density at radius 1 is 1.23 bits per heavy atom. The molecule has 1 aromatic heterocycles. The molecule has 1 atom stereocenters. The third-order valence-electron chi connectivity index (χ3n) is 4.62. The van der Waals surface area contributed by atoms with Crippen LogP contribution >= 0.6 is 0 Å². The molecule has 0 saturated carbocycles. The lowest BCUT2D eigenvalue weighted by Gasteiger charge is -2.33. The molecule has 1 unspecified atom stereocenters. The number of carbonyl (C=O) groups excluding carboxylic acids is 1. The quantitative estimate of drug-likeness (QED) is 0.922. The minimum atomic E-state index is -0.249. The first-order chi connectivity index (χ1) is 10.7. The summed E-state index contributed by atoms with van der Waals surface area (Å²) >= 11 is 0. The van der Waals surface area contributed by atoms with Gasteiger partial charge in [0.1, 0.15) is 0 Å². The first-order valence-electron chi connectivity index (χ1n) is 8.08. The molecule has 3 heterocycles. The average molecular weight is 304 g/mol. The fourth-order valence-corrected chi connectivity index (χ4v) is 3.20. The van der Waals surface area contributed by atoms with E-state index < -0.39 is 0 Å². The molecule has 2 fully saturated rings. The highest BCUT2D eigenvalue weighted by molar-refractivity contribution is 5.68. The molecule has 120 valence electrons. The molecule has 0 aromatic carbocycles. The lowest BCUT2D eigenvalue weighted by molar-refractivity contribution is 0.0802. The van der Waals surface area contributed by atoms with Gasteiger partial charge < -0.3 is 15.4 Å². The van der Waals surface area contributed by atoms with Crippen molar-refractivity contribution in [2.45, 2.75) is 31.8 Å². The standard InChI is InChI=1S/C16H24N4O2/c17-15-2-1-9-20(15)16(21)22-12-13-5-10-19(11-6-13)14-3-7-18-8-4-14/h3-4,7-8,13,15H,1-2,5-6,9-12,17H2. The van der Waals surface area contributed by atoms with Crippen molar-refractivity contribution >= 4 is 11.8 Å². The highest BCUT2D eigenvalue weighted by Gasteiger charge is 2.28. The van der Waals surface area contributed by atoms with E-state index in [-0.39, 0.29) is 12.3 Å². The lowest BCUT2D eigenvalue weighted by atomic mass is 9.97. The van der Waals surface area contributed by atoms with Crippen molar-refractivity contribution in [2.75, 3.05) is 31.1 Å². The molecule has 1 amide bonds. The Hall–Kier alpha value is -1.82. The first kappa shape index (κ1) is 15.1. The number of nitrogens with two attached hydrogens (primary N) is 1. The number of likely N-dealkylation sites (tertiary alicyclic amines) is 1. The zero-order chi connectivity index (χ0) is 15.4. The number of ether oxygens (including phenoxy) is 1. The van der Waals surface area contributed by atoms with Crippen LogP contribution in [0.5, 0.6) is 0 Å². The van der Waals surface area contributed by atoms with Gasteiger partial charge in [0, 0.05) is 37.7 Å². The Balaban J connectivity index is 1.41. The van der Waals surface area contributed by atoms with Crippen LogP contribution in [0.2, 0.25) is 0 Å². The number of aromatic nitrogens is 1. The molecule has 22 heavy (non-hydrogen) atoms. The van der Waals surface area contributed by atoms with E-state index in [1.807, 2.05) is 24.5 Å². The average Bonchev–Trinajstić information content (AvgIpc) is 3.00. The van der Waals surface area contributed by atoms with Crippen molar-refractivity contribution in [2.24, 2.45) is 11.7 Å². The number of anilines is 1. The van der Waals surface area contributed by atoms with Gasteiger partial charge in [-0.15, -0.1) is 0 Å². The fraction of sp³-hybridized carbons (Fsp3) is 0.625. The summed E-state index contributed by atoms with van der Waals surface area (Å²) in [6.45, 7) is 3.22. The Morgan fingerprint density at radius 3 is 2.59 bits per heavy atom. The molecule has 6 heteroatoms. The number of hydrogen-bond acceptors (Lipinski definition) is 5. The van der Waals surface area contributed by atoms with E-state index in [4.69, 9.17) is 10.5 Å². The number of nitrogens with zero attached hydrogens (tertiary/aromatic N) is 3. The van der Waals surface area contributed by atoms with E-state index >= 15 is 0 Å². The molecule has 2 aliphatic heterocycles. The third-order valence-corrected chi connectivity index (χ3v) is 4.62. The van der Waals surface area contributed by atoms with Crippen LogP contribution in [0.1, 0.15) is 25.7 Å². The van der Waals surface area contributed by atoms with Crippen LogP contribution in [-0.4, -0.2) is 48.4 Å². The van der Waals surface area contributed by atoms with Gasteiger partial charge in [0.05, 0.1) is 12.8 Å². The maximum atomic E-state index is 12.0. The van der Waals surface area contributed by atoms with Crippen LogP contribution in [0.4, 0.5) is 10.5 Å². The normalized spacial score (nSPS) is 22.9. The topological polar surface area (TPSA) is 71.7 Å². The SMILES string of the molecule is NC1CCCN1C(=O)OCC1CCN(c2ccncc2)CC1. The Kier molecular flexibility index (Phi) is 4.77. The second kappa shape index (κ2) is 6.96. The number of hydrogen-bond donors (Lipinski definition) is 1. The molecule has 2 N–H and O–H groups in total. The van der Waals surface area contributed by atoms with Crippen LogP contribution in [0.25, 0.3) is 0 Å². The van der Waals surface area contributed by atoms with Gasteiger partial charge in [-0.25, -0.2) is 4.79 Å². The molecule has 0 aliphatic carbocycles. The largest absolute Gasteiger partial charge is 0.449 e. The monoisotopic (exact) mass is 304 g/mol. The number of amides is 1. The number of rotatable bonds is 3. The van der Waals surface area contributed by atoms with Crippen molar-refractivity contribution in [1.82, 2.24) is 9.88 Å². The molecule has 0 bridgehead atoms. The van der Waals surface area contributed by atoms with Gasteiger partial charge in [-0.1, -0.05) is 0 Å². The van der Waals surface area contributed by atoms with Crippen LogP contribution in [0, 0.1) is 5.92 Å². The lowest BCUT2D eigenvalue weighted by Crippen LogP contribution is -2.42.